The molecule has 2 aromatic carbocycles. The van der Waals surface area contributed by atoms with Crippen LogP contribution in [0.1, 0.15) is 49.0 Å². The molecule has 6 nitrogen and oxygen atoms in total. The molecule has 0 fully saturated rings. The molecule has 1 aliphatic heterocycles. The Morgan fingerprint density at radius 3 is 2.22 bits per heavy atom. The molecule has 0 radical (unpaired) electrons. The van der Waals surface area contributed by atoms with Crippen LogP contribution in [0.25, 0.3) is 0 Å². The van der Waals surface area contributed by atoms with Gasteiger partial charge in [0.05, 0.1) is 6.10 Å². The Morgan fingerprint density at radius 2 is 1.59 bits per heavy atom. The van der Waals surface area contributed by atoms with Gasteiger partial charge >= 0.3 is 0 Å². The second-order valence-electron chi connectivity index (χ2n) is 7.83. The minimum absolute atomic E-state index is 0. The highest BCUT2D eigenvalue weighted by Crippen LogP contribution is 2.22. The summed E-state index contributed by atoms with van der Waals surface area (Å²) in [4.78, 5) is 18.7. The number of hydrogen-bond donors (Lipinski definition) is 2. The van der Waals surface area contributed by atoms with Gasteiger partial charge in [0.25, 0.3) is 0 Å². The number of guanidine groups is 1. The molecule has 1 aliphatic rings. The highest BCUT2D eigenvalue weighted by atomic mass is 127. The van der Waals surface area contributed by atoms with Crippen molar-refractivity contribution in [1.82, 2.24) is 15.5 Å². The molecule has 32 heavy (non-hydrogen) atoms. The first-order valence-electron chi connectivity index (χ1n) is 11.1. The molecule has 2 N–H and O–H groups in total. The second-order valence-corrected chi connectivity index (χ2v) is 7.83. The molecule has 0 saturated heterocycles. The largest absolute Gasteiger partial charge is 0.374 e. The lowest BCUT2D eigenvalue weighted by Gasteiger charge is -2.16. The van der Waals surface area contributed by atoms with Gasteiger partial charge in [-0.05, 0) is 36.5 Å². The van der Waals surface area contributed by atoms with Crippen LogP contribution in [0.5, 0.6) is 0 Å². The van der Waals surface area contributed by atoms with Gasteiger partial charge in [0.15, 0.2) is 5.96 Å². The first kappa shape index (κ1) is 26.1. The molecular formula is C25H35IN4O2. The number of carbonyl (C=O) groups excluding carboxylic acids is 1. The average Bonchev–Trinajstić information content (AvgIpc) is 3.25. The van der Waals surface area contributed by atoms with Crippen LogP contribution in [0.4, 0.5) is 0 Å². The summed E-state index contributed by atoms with van der Waals surface area (Å²) in [5.74, 6) is 0.975. The molecule has 0 spiro atoms. The minimum atomic E-state index is 0. The van der Waals surface area contributed by atoms with Crippen LogP contribution in [0, 0.1) is 0 Å². The van der Waals surface area contributed by atoms with Gasteiger partial charge in [-0.25, -0.2) is 0 Å². The Balaban J connectivity index is 0.00000363. The van der Waals surface area contributed by atoms with Gasteiger partial charge in [-0.1, -0.05) is 54.6 Å². The van der Waals surface area contributed by atoms with E-state index in [4.69, 9.17) is 4.74 Å². The number of ether oxygens (including phenoxy) is 1. The van der Waals surface area contributed by atoms with E-state index in [9.17, 15) is 4.79 Å². The molecule has 0 aromatic heterocycles. The van der Waals surface area contributed by atoms with E-state index in [1.54, 1.807) is 7.05 Å². The van der Waals surface area contributed by atoms with E-state index in [2.05, 4.69) is 46.8 Å². The minimum Gasteiger partial charge on any atom is -0.374 e. The van der Waals surface area contributed by atoms with Gasteiger partial charge in [0, 0.05) is 46.3 Å². The Hall–Kier alpha value is -2.13. The van der Waals surface area contributed by atoms with Crippen molar-refractivity contribution in [2.45, 2.75) is 45.4 Å². The molecule has 0 saturated carbocycles. The third-order valence-electron chi connectivity index (χ3n) is 5.53. The van der Waals surface area contributed by atoms with Crippen molar-refractivity contribution in [2.24, 2.45) is 4.99 Å². The van der Waals surface area contributed by atoms with E-state index in [0.29, 0.717) is 19.6 Å². The third kappa shape index (κ3) is 8.09. The number of benzene rings is 2. The Kier molecular flexibility index (Phi) is 11.5. The van der Waals surface area contributed by atoms with Crippen molar-refractivity contribution in [3.05, 3.63) is 71.3 Å². The summed E-state index contributed by atoms with van der Waals surface area (Å²) >= 11 is 0. The zero-order valence-corrected chi connectivity index (χ0v) is 21.4. The Bertz CT molecular complexity index is 835. The van der Waals surface area contributed by atoms with Crippen molar-refractivity contribution in [3.63, 3.8) is 0 Å². The molecule has 1 amide bonds. The van der Waals surface area contributed by atoms with Crippen LogP contribution in [0.3, 0.4) is 0 Å². The molecule has 1 heterocycles. The van der Waals surface area contributed by atoms with E-state index in [-0.39, 0.29) is 36.0 Å². The monoisotopic (exact) mass is 550 g/mol. The van der Waals surface area contributed by atoms with Crippen LogP contribution >= 0.6 is 24.0 Å². The van der Waals surface area contributed by atoms with Gasteiger partial charge in [-0.3, -0.25) is 9.79 Å². The zero-order chi connectivity index (χ0) is 21.9. The van der Waals surface area contributed by atoms with Gasteiger partial charge in [-0.15, -0.1) is 24.0 Å². The maximum atomic E-state index is 12.5. The topological polar surface area (TPSA) is 66.0 Å². The van der Waals surface area contributed by atoms with E-state index >= 15 is 0 Å². The summed E-state index contributed by atoms with van der Waals surface area (Å²) < 4.78 is 5.90. The Labute approximate surface area is 208 Å². The van der Waals surface area contributed by atoms with Gasteiger partial charge in [-0.2, -0.15) is 0 Å². The number of aliphatic imine (C=N–C) groups is 1. The lowest BCUT2D eigenvalue weighted by molar-refractivity contribution is -0.131. The van der Waals surface area contributed by atoms with Crippen molar-refractivity contribution in [1.29, 1.82) is 0 Å². The summed E-state index contributed by atoms with van der Waals surface area (Å²) in [5.41, 5.74) is 3.72. The number of halogens is 1. The van der Waals surface area contributed by atoms with E-state index in [1.165, 1.54) is 16.7 Å². The summed E-state index contributed by atoms with van der Waals surface area (Å²) in [5, 5.41) is 6.59. The van der Waals surface area contributed by atoms with Crippen LogP contribution in [0.15, 0.2) is 59.6 Å². The highest BCUT2D eigenvalue weighted by molar-refractivity contribution is 14.0. The fourth-order valence-corrected chi connectivity index (χ4v) is 3.69. The third-order valence-corrected chi connectivity index (χ3v) is 5.53. The van der Waals surface area contributed by atoms with Crippen LogP contribution in [-0.4, -0.2) is 43.5 Å². The first-order valence-corrected chi connectivity index (χ1v) is 11.1. The van der Waals surface area contributed by atoms with E-state index in [0.717, 1.165) is 38.4 Å². The molecule has 0 aliphatic carbocycles. The first-order chi connectivity index (χ1) is 15.2. The number of nitrogens with one attached hydrogen (secondary N) is 2. The summed E-state index contributed by atoms with van der Waals surface area (Å²) in [6, 6.07) is 18.5. The van der Waals surface area contributed by atoms with Crippen molar-refractivity contribution < 1.29 is 9.53 Å². The molecule has 1 atom stereocenters. The zero-order valence-electron chi connectivity index (χ0n) is 19.0. The van der Waals surface area contributed by atoms with Crippen molar-refractivity contribution >= 4 is 35.8 Å². The second kappa shape index (κ2) is 14.1. The normalized spacial score (nSPS) is 13.8. The lowest BCUT2D eigenvalue weighted by Crippen LogP contribution is -2.38. The number of rotatable bonds is 10. The molecule has 7 heteroatoms. The molecule has 0 bridgehead atoms. The molecule has 174 valence electrons. The number of carbonyl (C=O) groups is 1. The molecular weight excluding hydrogens is 515 g/mol. The summed E-state index contributed by atoms with van der Waals surface area (Å²) in [6.45, 7) is 5.73. The van der Waals surface area contributed by atoms with Gasteiger partial charge in [0.2, 0.25) is 5.91 Å². The van der Waals surface area contributed by atoms with Gasteiger partial charge < -0.3 is 20.3 Å². The van der Waals surface area contributed by atoms with Crippen LogP contribution in [0.2, 0.25) is 0 Å². The fourth-order valence-electron chi connectivity index (χ4n) is 3.69. The predicted molar refractivity (Wildman–Crippen MR) is 140 cm³/mol. The quantitative estimate of drug-likeness (QED) is 0.201. The Morgan fingerprint density at radius 1 is 1.00 bits per heavy atom. The van der Waals surface area contributed by atoms with Gasteiger partial charge in [0.1, 0.15) is 0 Å². The smallest absolute Gasteiger partial charge is 0.223 e. The maximum absolute atomic E-state index is 12.5. The number of amides is 1. The standard InChI is InChI=1S/C25H34N4O2.HI/c1-20(21-10-4-3-5-11-21)31-17-9-16-28-25(26-2)27-15-8-14-24(30)29-18-22-12-6-7-13-23(22)19-29;/h3-7,10-13,20H,8-9,14-19H2,1-2H3,(H2,26,27,28);1H. The fraction of sp³-hybridized carbons (Fsp3) is 0.440. The average molecular weight is 550 g/mol. The number of fused-ring (bicyclic) bond motifs is 1. The number of nitrogens with zero attached hydrogens (tertiary/aromatic N) is 2. The summed E-state index contributed by atoms with van der Waals surface area (Å²) in [6.07, 6.45) is 2.32. The van der Waals surface area contributed by atoms with E-state index < -0.39 is 0 Å². The summed E-state index contributed by atoms with van der Waals surface area (Å²) in [7, 11) is 1.76. The van der Waals surface area contributed by atoms with Crippen LogP contribution < -0.4 is 10.6 Å². The lowest BCUT2D eigenvalue weighted by atomic mass is 10.1. The number of hydrogen-bond acceptors (Lipinski definition) is 3. The molecule has 1 unspecified atom stereocenters. The maximum Gasteiger partial charge on any atom is 0.223 e. The molecule has 3 rings (SSSR count). The SMILES string of the molecule is CN=C(NCCCOC(C)c1ccccc1)NCCCC(=O)N1Cc2ccccc2C1.I. The molecule has 2 aromatic rings. The van der Waals surface area contributed by atoms with Crippen LogP contribution in [-0.2, 0) is 22.6 Å². The highest BCUT2D eigenvalue weighted by Gasteiger charge is 2.22. The van der Waals surface area contributed by atoms with E-state index in [1.807, 2.05) is 35.2 Å². The van der Waals surface area contributed by atoms with Crippen molar-refractivity contribution in [3.8, 4) is 0 Å². The predicted octanol–water partition coefficient (Wildman–Crippen LogP) is 4.26. The van der Waals surface area contributed by atoms with Crippen molar-refractivity contribution in [2.75, 3.05) is 26.7 Å².